The second-order valence-electron chi connectivity index (χ2n) is 6.48. The van der Waals surface area contributed by atoms with Crippen LogP contribution >= 0.6 is 11.3 Å². The average Bonchev–Trinajstić information content (AvgIpc) is 3.20. The number of aliphatic imine (C=N–C) groups is 1. The van der Waals surface area contributed by atoms with Crippen molar-refractivity contribution in [3.63, 3.8) is 0 Å². The third kappa shape index (κ3) is 4.71. The lowest BCUT2D eigenvalue weighted by molar-refractivity contribution is 0.470. The number of nitrogens with one attached hydrogen (secondary N) is 1. The van der Waals surface area contributed by atoms with Crippen molar-refractivity contribution < 1.29 is 0 Å². The monoisotopic (exact) mass is 383 g/mol. The van der Waals surface area contributed by atoms with Gasteiger partial charge in [-0.1, -0.05) is 6.07 Å². The number of guanidine groups is 1. The summed E-state index contributed by atoms with van der Waals surface area (Å²) >= 11 is 1.66. The standard InChI is InChI=1S/C19H25N7S/c1-13-8-14(2)26(24-13)18-7-6-16(9-21-18)10-22-19(20-4)25(5)11-17-12-27-15(3)23-17/h6-9,12H,10-11H2,1-5H3,(H,20,22). The molecule has 0 radical (unpaired) electrons. The van der Waals surface area contributed by atoms with E-state index in [-0.39, 0.29) is 0 Å². The molecular formula is C19H25N7S. The molecular weight excluding hydrogens is 358 g/mol. The van der Waals surface area contributed by atoms with Crippen molar-refractivity contribution in [1.29, 1.82) is 0 Å². The maximum absolute atomic E-state index is 4.54. The van der Waals surface area contributed by atoms with Gasteiger partial charge in [0.15, 0.2) is 11.8 Å². The maximum atomic E-state index is 4.54. The first-order valence-corrected chi connectivity index (χ1v) is 9.65. The van der Waals surface area contributed by atoms with Crippen LogP contribution in [0.2, 0.25) is 0 Å². The van der Waals surface area contributed by atoms with E-state index in [4.69, 9.17) is 0 Å². The zero-order valence-corrected chi connectivity index (χ0v) is 17.2. The Morgan fingerprint density at radius 1 is 1.30 bits per heavy atom. The Labute approximate surface area is 163 Å². The van der Waals surface area contributed by atoms with Crippen molar-refractivity contribution in [2.75, 3.05) is 14.1 Å². The molecule has 27 heavy (non-hydrogen) atoms. The zero-order chi connectivity index (χ0) is 19.4. The van der Waals surface area contributed by atoms with E-state index in [0.29, 0.717) is 6.54 Å². The van der Waals surface area contributed by atoms with E-state index in [2.05, 4.69) is 41.7 Å². The number of thiazole rings is 1. The highest BCUT2D eigenvalue weighted by atomic mass is 32.1. The Bertz CT molecular complexity index is 924. The predicted molar refractivity (Wildman–Crippen MR) is 109 cm³/mol. The van der Waals surface area contributed by atoms with Gasteiger partial charge in [-0.3, -0.25) is 4.99 Å². The Morgan fingerprint density at radius 3 is 2.67 bits per heavy atom. The zero-order valence-electron chi connectivity index (χ0n) is 16.4. The molecule has 0 atom stereocenters. The van der Waals surface area contributed by atoms with Crippen LogP contribution in [0, 0.1) is 20.8 Å². The van der Waals surface area contributed by atoms with Crippen LogP contribution in [0.1, 0.15) is 27.7 Å². The minimum atomic E-state index is 0.650. The molecule has 0 saturated heterocycles. The van der Waals surface area contributed by atoms with Gasteiger partial charge in [0.2, 0.25) is 0 Å². The van der Waals surface area contributed by atoms with Crippen molar-refractivity contribution >= 4 is 17.3 Å². The molecule has 0 amide bonds. The summed E-state index contributed by atoms with van der Waals surface area (Å²) in [6.45, 7) is 7.40. The molecule has 0 fully saturated rings. The van der Waals surface area contributed by atoms with Crippen molar-refractivity contribution in [3.05, 3.63) is 57.4 Å². The molecule has 0 aliphatic heterocycles. The fourth-order valence-electron chi connectivity index (χ4n) is 2.87. The molecule has 3 heterocycles. The summed E-state index contributed by atoms with van der Waals surface area (Å²) in [5.74, 6) is 1.65. The molecule has 0 aliphatic rings. The summed E-state index contributed by atoms with van der Waals surface area (Å²) in [5.41, 5.74) is 4.20. The molecule has 1 N–H and O–H groups in total. The van der Waals surface area contributed by atoms with Gasteiger partial charge in [0.1, 0.15) is 0 Å². The van der Waals surface area contributed by atoms with Crippen LogP contribution in [0.25, 0.3) is 5.82 Å². The molecule has 0 bridgehead atoms. The average molecular weight is 384 g/mol. The molecule has 0 spiro atoms. The quantitative estimate of drug-likeness (QED) is 0.542. The summed E-state index contributed by atoms with van der Waals surface area (Å²) < 4.78 is 1.86. The van der Waals surface area contributed by atoms with Gasteiger partial charge in [-0.2, -0.15) is 5.10 Å². The maximum Gasteiger partial charge on any atom is 0.194 e. The SMILES string of the molecule is CN=C(NCc1ccc(-n2nc(C)cc2C)nc1)N(C)Cc1csc(C)n1. The number of pyridine rings is 1. The summed E-state index contributed by atoms with van der Waals surface area (Å²) in [4.78, 5) is 15.5. The normalized spacial score (nSPS) is 11.7. The van der Waals surface area contributed by atoms with E-state index in [1.54, 1.807) is 18.4 Å². The first-order valence-electron chi connectivity index (χ1n) is 8.77. The van der Waals surface area contributed by atoms with E-state index in [1.807, 2.05) is 50.8 Å². The first kappa shape index (κ1) is 19.0. The highest BCUT2D eigenvalue weighted by Crippen LogP contribution is 2.11. The minimum Gasteiger partial charge on any atom is -0.352 e. The first-order chi connectivity index (χ1) is 13.0. The van der Waals surface area contributed by atoms with Gasteiger partial charge in [0.25, 0.3) is 0 Å². The van der Waals surface area contributed by atoms with E-state index < -0.39 is 0 Å². The van der Waals surface area contributed by atoms with Gasteiger partial charge in [0.05, 0.1) is 22.9 Å². The summed E-state index contributed by atoms with van der Waals surface area (Å²) in [6, 6.07) is 6.09. The topological polar surface area (TPSA) is 71.2 Å². The largest absolute Gasteiger partial charge is 0.352 e. The molecule has 0 aromatic carbocycles. The van der Waals surface area contributed by atoms with Crippen molar-refractivity contribution in [1.82, 2.24) is 30.0 Å². The van der Waals surface area contributed by atoms with Crippen LogP contribution in [0.15, 0.2) is 34.8 Å². The smallest absolute Gasteiger partial charge is 0.194 e. The number of aromatic nitrogens is 4. The van der Waals surface area contributed by atoms with Crippen LogP contribution < -0.4 is 5.32 Å². The van der Waals surface area contributed by atoms with Crippen molar-refractivity contribution in [3.8, 4) is 5.82 Å². The van der Waals surface area contributed by atoms with Crippen molar-refractivity contribution in [2.24, 2.45) is 4.99 Å². The third-order valence-electron chi connectivity index (χ3n) is 4.13. The van der Waals surface area contributed by atoms with Crippen molar-refractivity contribution in [2.45, 2.75) is 33.9 Å². The minimum absolute atomic E-state index is 0.650. The number of hydrogen-bond donors (Lipinski definition) is 1. The summed E-state index contributed by atoms with van der Waals surface area (Å²) in [6.07, 6.45) is 1.87. The van der Waals surface area contributed by atoms with Gasteiger partial charge in [-0.05, 0) is 38.5 Å². The van der Waals surface area contributed by atoms with Gasteiger partial charge in [-0.15, -0.1) is 11.3 Å². The lowest BCUT2D eigenvalue weighted by Gasteiger charge is -2.21. The Kier molecular flexibility index (Phi) is 5.85. The molecule has 0 aliphatic carbocycles. The van der Waals surface area contributed by atoms with Gasteiger partial charge in [0, 0.05) is 37.9 Å². The number of nitrogens with zero attached hydrogens (tertiary/aromatic N) is 6. The highest BCUT2D eigenvalue weighted by Gasteiger charge is 2.09. The van der Waals surface area contributed by atoms with Gasteiger partial charge in [-0.25, -0.2) is 14.6 Å². The molecule has 3 rings (SSSR count). The van der Waals surface area contributed by atoms with Gasteiger partial charge >= 0.3 is 0 Å². The van der Waals surface area contributed by atoms with E-state index >= 15 is 0 Å². The molecule has 0 saturated carbocycles. The van der Waals surface area contributed by atoms with Crippen LogP contribution in [0.3, 0.4) is 0 Å². The fourth-order valence-corrected chi connectivity index (χ4v) is 3.48. The number of rotatable bonds is 5. The Hall–Kier alpha value is -2.74. The molecule has 7 nitrogen and oxygen atoms in total. The number of aryl methyl sites for hydroxylation is 3. The van der Waals surface area contributed by atoms with Crippen LogP contribution in [0.4, 0.5) is 0 Å². The molecule has 8 heteroatoms. The number of hydrogen-bond acceptors (Lipinski definition) is 5. The lowest BCUT2D eigenvalue weighted by Crippen LogP contribution is -2.38. The Morgan fingerprint density at radius 2 is 2.11 bits per heavy atom. The van der Waals surface area contributed by atoms with E-state index in [0.717, 1.165) is 46.0 Å². The van der Waals surface area contributed by atoms with E-state index in [1.165, 1.54) is 0 Å². The van der Waals surface area contributed by atoms with Gasteiger partial charge < -0.3 is 10.2 Å². The molecule has 142 valence electrons. The second-order valence-corrected chi connectivity index (χ2v) is 7.54. The summed E-state index contributed by atoms with van der Waals surface area (Å²) in [5, 5.41) is 11.0. The third-order valence-corrected chi connectivity index (χ3v) is 4.95. The second kappa shape index (κ2) is 8.30. The fraction of sp³-hybridized carbons (Fsp3) is 0.368. The van der Waals surface area contributed by atoms with E-state index in [9.17, 15) is 0 Å². The van der Waals surface area contributed by atoms with Crippen LogP contribution in [0.5, 0.6) is 0 Å². The molecule has 0 unspecified atom stereocenters. The molecule has 3 aromatic rings. The predicted octanol–water partition coefficient (Wildman–Crippen LogP) is 2.86. The lowest BCUT2D eigenvalue weighted by atomic mass is 10.3. The van der Waals surface area contributed by atoms with Crippen LogP contribution in [-0.4, -0.2) is 44.7 Å². The highest BCUT2D eigenvalue weighted by molar-refractivity contribution is 7.09. The summed E-state index contributed by atoms with van der Waals surface area (Å²) in [7, 11) is 3.80. The van der Waals surface area contributed by atoms with Crippen LogP contribution in [-0.2, 0) is 13.1 Å². The molecule has 3 aromatic heterocycles. The Balaban J connectivity index is 1.60.